The number of amides is 2. The van der Waals surface area contributed by atoms with Gasteiger partial charge < -0.3 is 15.4 Å². The molecule has 1 aromatic carbocycles. The lowest BCUT2D eigenvalue weighted by molar-refractivity contribution is 0.0931. The van der Waals surface area contributed by atoms with Crippen molar-refractivity contribution >= 4 is 29.5 Å². The van der Waals surface area contributed by atoms with E-state index >= 15 is 0 Å². The molecule has 0 spiro atoms. The molecule has 0 aliphatic carbocycles. The van der Waals surface area contributed by atoms with E-state index in [4.69, 9.17) is 22.0 Å². The number of carboxylic acid groups (broad SMARTS) is 1. The molecule has 3 rings (SSSR count). The Morgan fingerprint density at radius 1 is 1.43 bits per heavy atom. The highest BCUT2D eigenvalue weighted by atomic mass is 35.5. The van der Waals surface area contributed by atoms with Crippen LogP contribution < -0.4 is 10.2 Å². The Kier molecular flexibility index (Phi) is 6.03. The molecule has 3 N–H and O–H groups in total. The van der Waals surface area contributed by atoms with Crippen LogP contribution in [0.25, 0.3) is 11.3 Å². The highest BCUT2D eigenvalue weighted by Crippen LogP contribution is 2.24. The van der Waals surface area contributed by atoms with Gasteiger partial charge in [0.2, 0.25) is 5.95 Å². The quantitative estimate of drug-likeness (QED) is 0.552. The van der Waals surface area contributed by atoms with E-state index < -0.39 is 12.0 Å². The van der Waals surface area contributed by atoms with E-state index in [1.807, 2.05) is 19.1 Å². The van der Waals surface area contributed by atoms with Gasteiger partial charge in [0.25, 0.3) is 5.91 Å². The Labute approximate surface area is 176 Å². The lowest BCUT2D eigenvalue weighted by Crippen LogP contribution is -2.36. The van der Waals surface area contributed by atoms with Crippen LogP contribution in [-0.4, -0.2) is 49.9 Å². The molecule has 2 aromatic heterocycles. The predicted molar refractivity (Wildman–Crippen MR) is 109 cm³/mol. The van der Waals surface area contributed by atoms with Gasteiger partial charge in [0.1, 0.15) is 11.8 Å². The Balaban J connectivity index is 1.62. The summed E-state index contributed by atoms with van der Waals surface area (Å²) in [4.78, 5) is 30.7. The summed E-state index contributed by atoms with van der Waals surface area (Å²) in [7, 11) is 1.32. The molecule has 0 bridgehead atoms. The normalized spacial score (nSPS) is 11.5. The average molecular weight is 428 g/mol. The molecule has 0 radical (unpaired) electrons. The maximum absolute atomic E-state index is 12.4. The minimum absolute atomic E-state index is 0.0538. The summed E-state index contributed by atoms with van der Waals surface area (Å²) in [6, 6.07) is 8.65. The van der Waals surface area contributed by atoms with Gasteiger partial charge in [-0.3, -0.25) is 14.4 Å². The second-order valence-corrected chi connectivity index (χ2v) is 6.97. The molecule has 0 aliphatic heterocycles. The zero-order chi connectivity index (χ0) is 21.8. The number of hydrogen-bond acceptors (Lipinski definition) is 5. The van der Waals surface area contributed by atoms with Crippen molar-refractivity contribution < 1.29 is 14.7 Å². The number of nitriles is 1. The van der Waals surface area contributed by atoms with Crippen LogP contribution in [0.5, 0.6) is 0 Å². The lowest BCUT2D eigenvalue weighted by atomic mass is 10.1. The fourth-order valence-corrected chi connectivity index (χ4v) is 2.92. The summed E-state index contributed by atoms with van der Waals surface area (Å²) in [5, 5.41) is 25.6. The van der Waals surface area contributed by atoms with Gasteiger partial charge in [-0.25, -0.2) is 9.78 Å². The van der Waals surface area contributed by atoms with Gasteiger partial charge in [0.05, 0.1) is 29.0 Å². The summed E-state index contributed by atoms with van der Waals surface area (Å²) in [6.07, 6.45) is 1.86. The molecule has 11 heteroatoms. The smallest absolute Gasteiger partial charge is 0.413 e. The second kappa shape index (κ2) is 8.67. The van der Waals surface area contributed by atoms with Crippen LogP contribution in [0, 0.1) is 11.3 Å². The fraction of sp³-hybridized carbons (Fsp3) is 0.211. The first kappa shape index (κ1) is 20.9. The molecule has 154 valence electrons. The molecular weight excluding hydrogens is 410 g/mol. The van der Waals surface area contributed by atoms with Crippen molar-refractivity contribution in [3.8, 4) is 17.3 Å². The molecule has 0 saturated heterocycles. The van der Waals surface area contributed by atoms with Crippen LogP contribution in [-0.2, 0) is 6.54 Å². The van der Waals surface area contributed by atoms with E-state index in [0.29, 0.717) is 22.8 Å². The average Bonchev–Trinajstić information content (AvgIpc) is 3.37. The number of nitrogens with one attached hydrogen (secondary N) is 2. The molecule has 30 heavy (non-hydrogen) atoms. The number of nitrogens with zero attached hydrogens (tertiary/aromatic N) is 5. The number of halogens is 1. The van der Waals surface area contributed by atoms with Crippen LogP contribution in [0.2, 0.25) is 5.02 Å². The number of aromatic nitrogens is 4. The number of aromatic amines is 1. The van der Waals surface area contributed by atoms with Crippen LogP contribution >= 0.6 is 11.6 Å². The molecule has 0 fully saturated rings. The van der Waals surface area contributed by atoms with Crippen LogP contribution in [0.1, 0.15) is 23.0 Å². The number of benzene rings is 1. The monoisotopic (exact) mass is 427 g/mol. The summed E-state index contributed by atoms with van der Waals surface area (Å²) in [5.41, 5.74) is 2.02. The Morgan fingerprint density at radius 3 is 2.87 bits per heavy atom. The maximum atomic E-state index is 12.4. The number of H-pyrrole nitrogens is 1. The first-order chi connectivity index (χ1) is 14.3. The van der Waals surface area contributed by atoms with Crippen molar-refractivity contribution in [1.29, 1.82) is 5.26 Å². The number of carbonyl (C=O) groups excluding carboxylic acids is 1. The molecule has 3 aromatic rings. The van der Waals surface area contributed by atoms with Crippen LogP contribution in [0.4, 0.5) is 10.7 Å². The molecular formula is C19H18ClN7O3. The molecule has 1 unspecified atom stereocenters. The fourth-order valence-electron chi connectivity index (χ4n) is 2.70. The highest BCUT2D eigenvalue weighted by Gasteiger charge is 2.17. The van der Waals surface area contributed by atoms with E-state index in [9.17, 15) is 9.59 Å². The summed E-state index contributed by atoms with van der Waals surface area (Å²) >= 11 is 6.08. The van der Waals surface area contributed by atoms with E-state index in [1.165, 1.54) is 13.2 Å². The van der Waals surface area contributed by atoms with Crippen molar-refractivity contribution in [2.24, 2.45) is 0 Å². The topological polar surface area (TPSA) is 140 Å². The second-order valence-electron chi connectivity index (χ2n) is 6.57. The Hall–Kier alpha value is -3.84. The van der Waals surface area contributed by atoms with Gasteiger partial charge in [-0.2, -0.15) is 10.4 Å². The SMILES string of the molecule is CC(Cn1ccc(-c2ccc(C#N)c(Cl)c2)n1)NC(=O)c1cnc(N(C)C(=O)O)[nH]1. The van der Waals surface area contributed by atoms with Gasteiger partial charge in [0, 0.05) is 24.8 Å². The molecule has 2 amide bonds. The Morgan fingerprint density at radius 2 is 2.20 bits per heavy atom. The van der Waals surface area contributed by atoms with Gasteiger partial charge in [0.15, 0.2) is 0 Å². The standard InChI is InChI=1S/C19H18ClN7O3/c1-11(23-17(28)16-9-22-18(24-16)26(2)19(29)30)10-27-6-5-15(25-27)12-3-4-13(8-21)14(20)7-12/h3-7,9,11H,10H2,1-2H3,(H,22,24)(H,23,28)(H,29,30). The third-order valence-corrected chi connectivity index (χ3v) is 4.59. The molecule has 0 saturated carbocycles. The summed E-state index contributed by atoms with van der Waals surface area (Å²) in [5.74, 6) is -0.357. The van der Waals surface area contributed by atoms with Gasteiger partial charge in [-0.05, 0) is 25.1 Å². The van der Waals surface area contributed by atoms with Gasteiger partial charge >= 0.3 is 6.09 Å². The molecule has 2 heterocycles. The maximum Gasteiger partial charge on any atom is 0.413 e. The van der Waals surface area contributed by atoms with Crippen molar-refractivity contribution in [3.63, 3.8) is 0 Å². The molecule has 0 aliphatic rings. The summed E-state index contributed by atoms with van der Waals surface area (Å²) < 4.78 is 1.68. The highest BCUT2D eigenvalue weighted by molar-refractivity contribution is 6.32. The first-order valence-corrected chi connectivity index (χ1v) is 9.22. The lowest BCUT2D eigenvalue weighted by Gasteiger charge is -2.13. The zero-order valence-electron chi connectivity index (χ0n) is 16.1. The first-order valence-electron chi connectivity index (χ1n) is 8.84. The minimum atomic E-state index is -1.19. The molecule has 10 nitrogen and oxygen atoms in total. The number of rotatable bonds is 6. The van der Waals surface area contributed by atoms with E-state index in [1.54, 1.807) is 29.1 Å². The molecule has 1 atom stereocenters. The van der Waals surface area contributed by atoms with Crippen molar-refractivity contribution in [2.75, 3.05) is 11.9 Å². The van der Waals surface area contributed by atoms with E-state index in [-0.39, 0.29) is 17.7 Å². The number of anilines is 1. The van der Waals surface area contributed by atoms with Gasteiger partial charge in [-0.15, -0.1) is 0 Å². The van der Waals surface area contributed by atoms with Crippen molar-refractivity contribution in [1.82, 2.24) is 25.1 Å². The zero-order valence-corrected chi connectivity index (χ0v) is 16.9. The Bertz CT molecular complexity index is 1130. The third kappa shape index (κ3) is 4.59. The largest absolute Gasteiger partial charge is 0.465 e. The van der Waals surface area contributed by atoms with Crippen molar-refractivity contribution in [3.05, 3.63) is 52.9 Å². The number of imidazole rings is 1. The van der Waals surface area contributed by atoms with E-state index in [0.717, 1.165) is 10.5 Å². The van der Waals surface area contributed by atoms with Crippen LogP contribution in [0.15, 0.2) is 36.7 Å². The predicted octanol–water partition coefficient (Wildman–Crippen LogP) is 2.73. The van der Waals surface area contributed by atoms with Crippen molar-refractivity contribution in [2.45, 2.75) is 19.5 Å². The van der Waals surface area contributed by atoms with Gasteiger partial charge in [-0.1, -0.05) is 17.7 Å². The number of hydrogen-bond donors (Lipinski definition) is 3. The summed E-state index contributed by atoms with van der Waals surface area (Å²) in [6.45, 7) is 2.23. The van der Waals surface area contributed by atoms with E-state index in [2.05, 4.69) is 20.4 Å². The third-order valence-electron chi connectivity index (χ3n) is 4.28. The van der Waals surface area contributed by atoms with Crippen LogP contribution in [0.3, 0.4) is 0 Å². The minimum Gasteiger partial charge on any atom is -0.465 e. The number of carbonyl (C=O) groups is 2.